The first-order chi connectivity index (χ1) is 22.5. The van der Waals surface area contributed by atoms with Crippen LogP contribution in [0, 0.1) is 0 Å². The van der Waals surface area contributed by atoms with Gasteiger partial charge in [0.2, 0.25) is 0 Å². The van der Waals surface area contributed by atoms with Gasteiger partial charge in [0.05, 0.1) is 34.7 Å². The lowest BCUT2D eigenvalue weighted by Crippen LogP contribution is -2.44. The average molecular weight is 708 g/mol. The average Bonchev–Trinajstić information content (AvgIpc) is 3.63. The fraction of sp³-hybridized carbons (Fsp3) is 0.424. The maximum Gasteiger partial charge on any atom is 0.416 e. The molecule has 0 N–H and O–H groups in total. The van der Waals surface area contributed by atoms with Crippen molar-refractivity contribution in [3.05, 3.63) is 76.4 Å². The fourth-order valence-electron chi connectivity index (χ4n) is 5.56. The number of imidazole rings is 1. The van der Waals surface area contributed by atoms with Crippen molar-refractivity contribution in [3.63, 3.8) is 0 Å². The lowest BCUT2D eigenvalue weighted by atomic mass is 10.0. The van der Waals surface area contributed by atoms with Crippen molar-refractivity contribution in [2.24, 2.45) is 0 Å². The number of methoxy groups -OCH3 is 1. The van der Waals surface area contributed by atoms with E-state index in [2.05, 4.69) is 4.98 Å². The summed E-state index contributed by atoms with van der Waals surface area (Å²) in [6, 6.07) is 11.7. The van der Waals surface area contributed by atoms with E-state index >= 15 is 0 Å². The maximum absolute atomic E-state index is 13.7. The third kappa shape index (κ3) is 7.78. The fourth-order valence-corrected chi connectivity index (χ4v) is 8.36. The van der Waals surface area contributed by atoms with Gasteiger partial charge in [0.15, 0.2) is 14.7 Å². The highest BCUT2D eigenvalue weighted by molar-refractivity contribution is 7.91. The van der Waals surface area contributed by atoms with Crippen LogP contribution in [0.4, 0.5) is 18.0 Å². The maximum atomic E-state index is 13.7. The second kappa shape index (κ2) is 13.4. The second-order valence-corrected chi connectivity index (χ2v) is 15.8. The van der Waals surface area contributed by atoms with Crippen LogP contribution in [-0.4, -0.2) is 66.0 Å². The zero-order chi connectivity index (χ0) is 35.0. The molecule has 0 unspecified atom stereocenters. The van der Waals surface area contributed by atoms with Crippen molar-refractivity contribution in [3.8, 4) is 10.8 Å². The van der Waals surface area contributed by atoms with E-state index in [1.807, 2.05) is 0 Å². The largest absolute Gasteiger partial charge is 0.484 e. The Kier molecular flexibility index (Phi) is 9.84. The number of alkyl halides is 3. The predicted octanol–water partition coefficient (Wildman–Crippen LogP) is 7.35. The summed E-state index contributed by atoms with van der Waals surface area (Å²) in [5.74, 6) is -0.927. The predicted molar refractivity (Wildman–Crippen MR) is 174 cm³/mol. The van der Waals surface area contributed by atoms with Crippen LogP contribution in [0.2, 0.25) is 0 Å². The molecule has 0 spiro atoms. The molecule has 1 fully saturated rings. The second-order valence-electron chi connectivity index (χ2n) is 12.5. The molecule has 5 rings (SSSR count). The summed E-state index contributed by atoms with van der Waals surface area (Å²) in [6.45, 7) is 7.33. The summed E-state index contributed by atoms with van der Waals surface area (Å²) < 4.78 is 85.9. The molecule has 1 aliphatic heterocycles. The van der Waals surface area contributed by atoms with E-state index in [0.29, 0.717) is 34.4 Å². The first kappa shape index (κ1) is 35.2. The lowest BCUT2D eigenvalue weighted by molar-refractivity contribution is -0.139. The first-order valence-electron chi connectivity index (χ1n) is 15.2. The Hall–Kier alpha value is -4.11. The number of rotatable bonds is 8. The molecule has 0 saturated carbocycles. The number of aromatic nitrogens is 2. The number of hydrogen-bond acceptors (Lipinski definition) is 9. The Morgan fingerprint density at radius 3 is 2.40 bits per heavy atom. The number of piperidine rings is 1. The van der Waals surface area contributed by atoms with Gasteiger partial charge in [0.1, 0.15) is 28.8 Å². The van der Waals surface area contributed by atoms with Crippen LogP contribution in [0.25, 0.3) is 16.0 Å². The van der Waals surface area contributed by atoms with Crippen molar-refractivity contribution in [1.29, 1.82) is 0 Å². The van der Waals surface area contributed by atoms with Gasteiger partial charge in [-0.2, -0.15) is 13.2 Å². The van der Waals surface area contributed by atoms with Gasteiger partial charge in [-0.25, -0.2) is 23.0 Å². The van der Waals surface area contributed by atoms with Gasteiger partial charge in [-0.15, -0.1) is 11.3 Å². The Morgan fingerprint density at radius 1 is 1.06 bits per heavy atom. The van der Waals surface area contributed by atoms with E-state index in [-0.39, 0.29) is 35.0 Å². The highest BCUT2D eigenvalue weighted by Gasteiger charge is 2.36. The number of amides is 1. The zero-order valence-electron chi connectivity index (χ0n) is 27.0. The number of hydrogen-bond donors (Lipinski definition) is 0. The molecule has 0 bridgehead atoms. The van der Waals surface area contributed by atoms with E-state index in [1.54, 1.807) is 43.5 Å². The number of ether oxygens (including phenoxy) is 3. The molecule has 0 aliphatic carbocycles. The molecule has 2 aromatic carbocycles. The minimum atomic E-state index is -4.60. The highest BCUT2D eigenvalue weighted by atomic mass is 32.2. The number of nitrogens with zero attached hydrogens (tertiary/aromatic N) is 3. The van der Waals surface area contributed by atoms with Crippen LogP contribution in [-0.2, 0) is 31.2 Å². The molecule has 1 saturated heterocycles. The third-order valence-electron chi connectivity index (χ3n) is 7.88. The number of halogens is 3. The molecule has 4 aromatic rings. The van der Waals surface area contributed by atoms with Crippen molar-refractivity contribution in [2.45, 2.75) is 69.4 Å². The molecule has 1 atom stereocenters. The van der Waals surface area contributed by atoms with Gasteiger partial charge < -0.3 is 19.1 Å². The molecular weight excluding hydrogens is 672 g/mol. The van der Waals surface area contributed by atoms with Crippen LogP contribution >= 0.6 is 11.3 Å². The minimum absolute atomic E-state index is 0.0321. The number of sulfone groups is 1. The van der Waals surface area contributed by atoms with E-state index in [0.717, 1.165) is 17.4 Å². The molecule has 1 aliphatic rings. The molecule has 258 valence electrons. The topological polar surface area (TPSA) is 117 Å². The monoisotopic (exact) mass is 707 g/mol. The van der Waals surface area contributed by atoms with Crippen LogP contribution in [0.1, 0.15) is 73.0 Å². The normalized spacial score (nSPS) is 15.4. The van der Waals surface area contributed by atoms with Crippen LogP contribution in [0.3, 0.4) is 0 Å². The van der Waals surface area contributed by atoms with E-state index in [4.69, 9.17) is 14.2 Å². The highest BCUT2D eigenvalue weighted by Crippen LogP contribution is 2.40. The molecule has 1 amide bonds. The summed E-state index contributed by atoms with van der Waals surface area (Å²) in [7, 11) is -2.40. The van der Waals surface area contributed by atoms with Gasteiger partial charge in [-0.05, 0) is 64.3 Å². The smallest absolute Gasteiger partial charge is 0.416 e. The van der Waals surface area contributed by atoms with Crippen LogP contribution < -0.4 is 4.74 Å². The van der Waals surface area contributed by atoms with Gasteiger partial charge in [-0.3, -0.25) is 4.57 Å². The van der Waals surface area contributed by atoms with Gasteiger partial charge in [0, 0.05) is 24.7 Å². The number of likely N-dealkylation sites (tertiary alicyclic amines) is 1. The summed E-state index contributed by atoms with van der Waals surface area (Å²) in [5, 5.41) is -0.167. The molecule has 2 aromatic heterocycles. The molecule has 15 heteroatoms. The van der Waals surface area contributed by atoms with Crippen molar-refractivity contribution in [2.75, 3.05) is 20.2 Å². The Bertz CT molecular complexity index is 1920. The van der Waals surface area contributed by atoms with Crippen LogP contribution in [0.15, 0.2) is 54.9 Å². The zero-order valence-corrected chi connectivity index (χ0v) is 28.7. The summed E-state index contributed by atoms with van der Waals surface area (Å²) in [6.07, 6.45) is -4.04. The summed E-state index contributed by atoms with van der Waals surface area (Å²) >= 11 is 1.000. The van der Waals surface area contributed by atoms with Gasteiger partial charge >= 0.3 is 18.2 Å². The van der Waals surface area contributed by atoms with E-state index in [9.17, 15) is 31.2 Å². The number of benzene rings is 2. The standard InChI is InChI=1S/C33H36F3N3O7S2/c1-20(23-8-6-7-9-24(23)33(34,35)36)45-27-17-28(47-29(27)30(40)44-5)39-19-37-25-11-10-21(16-26(25)39)18-48(42,43)22-12-14-38(15-13-22)31(41)46-32(2,3)4/h6-11,16-17,19-20,22H,12-15,18H2,1-5H3/t20-/m1/s1. The van der Waals surface area contributed by atoms with Crippen LogP contribution in [0.5, 0.6) is 5.75 Å². The quantitative estimate of drug-likeness (QED) is 0.175. The third-order valence-corrected chi connectivity index (χ3v) is 11.2. The minimum Gasteiger partial charge on any atom is -0.484 e. The van der Waals surface area contributed by atoms with Crippen molar-refractivity contribution < 1.29 is 45.4 Å². The Labute approximate surface area is 280 Å². The molecular formula is C33H36F3N3O7S2. The first-order valence-corrected chi connectivity index (χ1v) is 17.7. The molecule has 0 radical (unpaired) electrons. The molecule has 3 heterocycles. The number of esters is 1. The number of carbonyl (C=O) groups excluding carboxylic acids is 2. The van der Waals surface area contributed by atoms with Crippen molar-refractivity contribution in [1.82, 2.24) is 14.5 Å². The van der Waals surface area contributed by atoms with E-state index < -0.39 is 50.6 Å². The van der Waals surface area contributed by atoms with Gasteiger partial charge in [0.25, 0.3) is 0 Å². The van der Waals surface area contributed by atoms with Gasteiger partial charge in [-0.1, -0.05) is 24.3 Å². The van der Waals surface area contributed by atoms with Crippen molar-refractivity contribution >= 4 is 44.3 Å². The SMILES string of the molecule is COC(=O)c1sc(-n2cnc3ccc(CS(=O)(=O)C4CCN(C(=O)OC(C)(C)C)CC4)cc32)cc1O[C@H](C)c1ccccc1C(F)(F)F. The van der Waals surface area contributed by atoms with E-state index in [1.165, 1.54) is 49.5 Å². The summed E-state index contributed by atoms with van der Waals surface area (Å²) in [5.41, 5.74) is 0.0574. The number of carbonyl (C=O) groups is 2. The lowest BCUT2D eigenvalue weighted by Gasteiger charge is -2.33. The number of fused-ring (bicyclic) bond motifs is 1. The molecule has 10 nitrogen and oxygen atoms in total. The Morgan fingerprint density at radius 2 is 1.75 bits per heavy atom. The molecule has 48 heavy (non-hydrogen) atoms. The number of thiophene rings is 1. The Balaban J connectivity index is 1.38. The summed E-state index contributed by atoms with van der Waals surface area (Å²) in [4.78, 5) is 31.1.